The monoisotopic (exact) mass is 305 g/mol. The van der Waals surface area contributed by atoms with Gasteiger partial charge in [-0.3, -0.25) is 0 Å². The van der Waals surface area contributed by atoms with Crippen LogP contribution in [0.15, 0.2) is 24.4 Å². The van der Waals surface area contributed by atoms with Gasteiger partial charge in [-0.25, -0.2) is 9.59 Å². The van der Waals surface area contributed by atoms with Gasteiger partial charge in [0.2, 0.25) is 0 Å². The Morgan fingerprint density at radius 2 is 1.91 bits per heavy atom. The number of hydrogen-bond acceptors (Lipinski definition) is 6. The Hall–Kier alpha value is -2.38. The first kappa shape index (κ1) is 14.6. The van der Waals surface area contributed by atoms with Gasteiger partial charge in [-0.1, -0.05) is 12.2 Å². The molecule has 1 fully saturated rings. The SMILES string of the molecule is COC(=O)c1[nH]cc(C2=CC3OCOC3C=C2)c1C(=O)OC. The molecule has 2 aliphatic rings. The van der Waals surface area contributed by atoms with Crippen LogP contribution in [-0.2, 0) is 18.9 Å². The largest absolute Gasteiger partial charge is 0.465 e. The maximum atomic E-state index is 12.0. The summed E-state index contributed by atoms with van der Waals surface area (Å²) in [4.78, 5) is 26.6. The highest BCUT2D eigenvalue weighted by Gasteiger charge is 2.31. The minimum atomic E-state index is -0.634. The minimum absolute atomic E-state index is 0.0596. The average Bonchev–Trinajstić information content (AvgIpc) is 3.18. The molecular formula is C15H15NO6. The van der Waals surface area contributed by atoms with Crippen LogP contribution in [0.25, 0.3) is 5.57 Å². The van der Waals surface area contributed by atoms with Gasteiger partial charge in [0.1, 0.15) is 24.7 Å². The summed E-state index contributed by atoms with van der Waals surface area (Å²) < 4.78 is 20.3. The molecule has 1 aliphatic heterocycles. The summed E-state index contributed by atoms with van der Waals surface area (Å²) in [5.74, 6) is -1.25. The number of carbonyl (C=O) groups excluding carboxylic acids is 2. The highest BCUT2D eigenvalue weighted by molar-refractivity contribution is 6.06. The lowest BCUT2D eigenvalue weighted by Crippen LogP contribution is -2.21. The molecule has 1 aliphatic carbocycles. The Kier molecular flexibility index (Phi) is 3.82. The Morgan fingerprint density at radius 1 is 1.18 bits per heavy atom. The molecule has 1 aromatic heterocycles. The first-order valence-electron chi connectivity index (χ1n) is 6.67. The van der Waals surface area contributed by atoms with Crippen LogP contribution in [0.3, 0.4) is 0 Å². The van der Waals surface area contributed by atoms with E-state index in [9.17, 15) is 9.59 Å². The van der Waals surface area contributed by atoms with Crippen LogP contribution in [-0.4, -0.2) is 50.1 Å². The predicted octanol–water partition coefficient (Wildman–Crippen LogP) is 1.28. The summed E-state index contributed by atoms with van der Waals surface area (Å²) >= 11 is 0. The molecule has 3 rings (SSSR count). The van der Waals surface area contributed by atoms with E-state index in [-0.39, 0.29) is 30.3 Å². The normalized spacial score (nSPS) is 22.9. The molecule has 0 spiro atoms. The Labute approximate surface area is 126 Å². The van der Waals surface area contributed by atoms with Crippen molar-refractivity contribution in [1.29, 1.82) is 0 Å². The van der Waals surface area contributed by atoms with E-state index >= 15 is 0 Å². The zero-order chi connectivity index (χ0) is 15.7. The second-order valence-corrected chi connectivity index (χ2v) is 4.80. The van der Waals surface area contributed by atoms with E-state index in [0.717, 1.165) is 5.57 Å². The van der Waals surface area contributed by atoms with Gasteiger partial charge in [-0.05, 0) is 11.6 Å². The zero-order valence-corrected chi connectivity index (χ0v) is 12.1. The molecule has 22 heavy (non-hydrogen) atoms. The molecule has 0 aromatic carbocycles. The summed E-state index contributed by atoms with van der Waals surface area (Å²) in [7, 11) is 2.51. The van der Waals surface area contributed by atoms with E-state index in [1.807, 2.05) is 18.2 Å². The number of rotatable bonds is 3. The topological polar surface area (TPSA) is 86.9 Å². The summed E-state index contributed by atoms with van der Waals surface area (Å²) in [6.45, 7) is 0.230. The van der Waals surface area contributed by atoms with Crippen molar-refractivity contribution in [3.05, 3.63) is 41.2 Å². The molecule has 1 saturated heterocycles. The van der Waals surface area contributed by atoms with Crippen molar-refractivity contribution >= 4 is 17.5 Å². The number of carbonyl (C=O) groups is 2. The van der Waals surface area contributed by atoms with Crippen LogP contribution in [0, 0.1) is 0 Å². The molecule has 0 saturated carbocycles. The minimum Gasteiger partial charge on any atom is -0.465 e. The van der Waals surface area contributed by atoms with Crippen molar-refractivity contribution in [1.82, 2.24) is 4.98 Å². The Bertz CT molecular complexity index is 672. The molecule has 2 unspecified atom stereocenters. The van der Waals surface area contributed by atoms with E-state index in [1.54, 1.807) is 6.20 Å². The number of fused-ring (bicyclic) bond motifs is 1. The fourth-order valence-corrected chi connectivity index (χ4v) is 2.53. The van der Waals surface area contributed by atoms with Crippen molar-refractivity contribution in [3.63, 3.8) is 0 Å². The van der Waals surface area contributed by atoms with E-state index in [0.29, 0.717) is 5.56 Å². The summed E-state index contributed by atoms with van der Waals surface area (Å²) in [5, 5.41) is 0. The van der Waals surface area contributed by atoms with Crippen molar-refractivity contribution < 1.29 is 28.5 Å². The molecule has 0 amide bonds. The Balaban J connectivity index is 2.04. The van der Waals surface area contributed by atoms with Crippen molar-refractivity contribution in [2.45, 2.75) is 12.2 Å². The lowest BCUT2D eigenvalue weighted by molar-refractivity contribution is 0.0503. The third-order valence-electron chi connectivity index (χ3n) is 3.62. The number of methoxy groups -OCH3 is 2. The van der Waals surface area contributed by atoms with Crippen LogP contribution < -0.4 is 0 Å². The third kappa shape index (κ3) is 2.34. The number of hydrogen-bond donors (Lipinski definition) is 1. The van der Waals surface area contributed by atoms with E-state index in [4.69, 9.17) is 14.2 Å². The summed E-state index contributed by atoms with van der Waals surface area (Å²) in [5.41, 5.74) is 1.50. The van der Waals surface area contributed by atoms with E-state index in [1.165, 1.54) is 14.2 Å². The van der Waals surface area contributed by atoms with Gasteiger partial charge in [0.05, 0.1) is 19.8 Å². The first-order valence-corrected chi connectivity index (χ1v) is 6.67. The molecule has 0 bridgehead atoms. The number of ether oxygens (including phenoxy) is 4. The number of aromatic nitrogens is 1. The Morgan fingerprint density at radius 3 is 2.64 bits per heavy atom. The quantitative estimate of drug-likeness (QED) is 0.847. The van der Waals surface area contributed by atoms with Gasteiger partial charge < -0.3 is 23.9 Å². The smallest absolute Gasteiger partial charge is 0.355 e. The highest BCUT2D eigenvalue weighted by Crippen LogP contribution is 2.31. The maximum absolute atomic E-state index is 12.0. The van der Waals surface area contributed by atoms with Crippen molar-refractivity contribution in [2.24, 2.45) is 0 Å². The fraction of sp³-hybridized carbons (Fsp3) is 0.333. The average molecular weight is 305 g/mol. The van der Waals surface area contributed by atoms with Gasteiger partial charge in [-0.15, -0.1) is 0 Å². The van der Waals surface area contributed by atoms with Crippen LogP contribution in [0.2, 0.25) is 0 Å². The van der Waals surface area contributed by atoms with Gasteiger partial charge in [-0.2, -0.15) is 0 Å². The maximum Gasteiger partial charge on any atom is 0.355 e. The fourth-order valence-electron chi connectivity index (χ4n) is 2.53. The van der Waals surface area contributed by atoms with Crippen LogP contribution in [0.5, 0.6) is 0 Å². The highest BCUT2D eigenvalue weighted by atomic mass is 16.7. The predicted molar refractivity (Wildman–Crippen MR) is 75.2 cm³/mol. The number of nitrogens with one attached hydrogen (secondary N) is 1. The molecule has 7 heteroatoms. The molecule has 2 heterocycles. The molecule has 7 nitrogen and oxygen atoms in total. The zero-order valence-electron chi connectivity index (χ0n) is 12.1. The van der Waals surface area contributed by atoms with Crippen LogP contribution in [0.4, 0.5) is 0 Å². The van der Waals surface area contributed by atoms with E-state index < -0.39 is 11.9 Å². The van der Waals surface area contributed by atoms with Gasteiger partial charge >= 0.3 is 11.9 Å². The third-order valence-corrected chi connectivity index (χ3v) is 3.62. The summed E-state index contributed by atoms with van der Waals surface area (Å²) in [6, 6.07) is 0. The number of H-pyrrole nitrogens is 1. The molecule has 2 atom stereocenters. The standard InChI is InChI=1S/C15H15NO6/c1-19-14(17)12-9(6-16-13(12)15(18)20-2)8-3-4-10-11(5-8)22-7-21-10/h3-6,10-11,16H,7H2,1-2H3. The van der Waals surface area contributed by atoms with Crippen molar-refractivity contribution in [2.75, 3.05) is 21.0 Å². The second kappa shape index (κ2) is 5.78. The number of allylic oxidation sites excluding steroid dienone is 2. The van der Waals surface area contributed by atoms with Crippen LogP contribution >= 0.6 is 0 Å². The van der Waals surface area contributed by atoms with Gasteiger partial charge in [0.25, 0.3) is 0 Å². The first-order chi connectivity index (χ1) is 10.7. The molecule has 1 N–H and O–H groups in total. The molecular weight excluding hydrogens is 290 g/mol. The van der Waals surface area contributed by atoms with Crippen LogP contribution in [0.1, 0.15) is 26.4 Å². The van der Waals surface area contributed by atoms with Gasteiger partial charge in [0, 0.05) is 11.8 Å². The second-order valence-electron chi connectivity index (χ2n) is 4.80. The summed E-state index contributed by atoms with van der Waals surface area (Å²) in [6.07, 6.45) is 6.79. The van der Waals surface area contributed by atoms with Gasteiger partial charge in [0.15, 0.2) is 0 Å². The van der Waals surface area contributed by atoms with E-state index in [2.05, 4.69) is 9.72 Å². The number of esters is 2. The number of aromatic amines is 1. The molecule has 0 radical (unpaired) electrons. The molecule has 1 aromatic rings. The lowest BCUT2D eigenvalue weighted by Gasteiger charge is -2.16. The van der Waals surface area contributed by atoms with Crippen molar-refractivity contribution in [3.8, 4) is 0 Å². The lowest BCUT2D eigenvalue weighted by atomic mass is 9.95. The molecule has 116 valence electrons.